The lowest BCUT2D eigenvalue weighted by atomic mass is 9.90. The van der Waals surface area contributed by atoms with Crippen molar-refractivity contribution in [2.45, 2.75) is 62.6 Å². The number of phenols is 1. The highest BCUT2D eigenvalue weighted by Gasteiger charge is 2.49. The molecule has 1 aromatic heterocycles. The van der Waals surface area contributed by atoms with Gasteiger partial charge in [-0.1, -0.05) is 12.0 Å². The Balaban J connectivity index is 1.13. The Morgan fingerprint density at radius 2 is 1.92 bits per heavy atom. The first-order valence-corrected chi connectivity index (χ1v) is 17.6. The van der Waals surface area contributed by atoms with Crippen molar-refractivity contribution in [3.8, 4) is 41.3 Å². The van der Waals surface area contributed by atoms with Gasteiger partial charge in [0.15, 0.2) is 5.82 Å². The molecular formula is C39H38F2N6O3. The topological polar surface area (TPSA) is 107 Å². The molecule has 9 nitrogen and oxygen atoms in total. The highest BCUT2D eigenvalue weighted by atomic mass is 19.1. The Morgan fingerprint density at radius 3 is 2.64 bits per heavy atom. The van der Waals surface area contributed by atoms with Gasteiger partial charge in [-0.2, -0.15) is 15.2 Å². The first kappa shape index (κ1) is 31.4. The molecule has 0 radical (unpaired) electrons. The molecule has 3 unspecified atom stereocenters. The smallest absolute Gasteiger partial charge is 0.319 e. The maximum atomic E-state index is 17.2. The van der Waals surface area contributed by atoms with Crippen LogP contribution in [0, 0.1) is 40.7 Å². The van der Waals surface area contributed by atoms with E-state index in [1.165, 1.54) is 24.3 Å². The van der Waals surface area contributed by atoms with Crippen LogP contribution in [0.3, 0.4) is 0 Å². The molecule has 5 aliphatic rings. The van der Waals surface area contributed by atoms with Gasteiger partial charge in [0.1, 0.15) is 22.9 Å². The molecule has 5 heterocycles. The summed E-state index contributed by atoms with van der Waals surface area (Å²) in [7, 11) is 0. The number of aromatic hydroxyl groups is 1. The molecule has 3 aromatic carbocycles. The number of benzene rings is 3. The summed E-state index contributed by atoms with van der Waals surface area (Å²) >= 11 is 0. The van der Waals surface area contributed by atoms with E-state index in [1.807, 2.05) is 0 Å². The third-order valence-corrected chi connectivity index (χ3v) is 11.6. The molecule has 2 bridgehead atoms. The quantitative estimate of drug-likeness (QED) is 0.241. The number of ether oxygens (including phenoxy) is 2. The summed E-state index contributed by atoms with van der Waals surface area (Å²) in [5, 5.41) is 25.8. The van der Waals surface area contributed by atoms with Crippen LogP contribution in [0.2, 0.25) is 0 Å². The van der Waals surface area contributed by atoms with Crippen molar-refractivity contribution in [1.29, 1.82) is 5.26 Å². The molecule has 2 N–H and O–H groups in total. The normalized spacial score (nSPS) is 25.4. The second-order valence-electron chi connectivity index (χ2n) is 15.0. The Kier molecular flexibility index (Phi) is 7.40. The number of aromatic nitrogens is 2. The van der Waals surface area contributed by atoms with Gasteiger partial charge in [-0.25, -0.2) is 8.78 Å². The second kappa shape index (κ2) is 11.8. The fourth-order valence-electron chi connectivity index (χ4n) is 8.94. The number of hydrogen-bond donors (Lipinski definition) is 2. The number of phenolic OH excluding ortho intramolecular Hbond substituents is 1. The zero-order chi connectivity index (χ0) is 34.2. The predicted octanol–water partition coefficient (Wildman–Crippen LogP) is 5.64. The Labute approximate surface area is 289 Å². The monoisotopic (exact) mass is 676 g/mol. The first-order chi connectivity index (χ1) is 24.3. The van der Waals surface area contributed by atoms with E-state index in [4.69, 9.17) is 20.9 Å². The summed E-state index contributed by atoms with van der Waals surface area (Å²) in [6, 6.07) is 9.81. The van der Waals surface area contributed by atoms with Gasteiger partial charge in [0, 0.05) is 73.2 Å². The Hall–Kier alpha value is -4.55. The molecule has 4 saturated heterocycles. The van der Waals surface area contributed by atoms with E-state index in [0.717, 1.165) is 71.2 Å². The molecule has 1 aliphatic carbocycles. The number of halogens is 2. The fraction of sp³-hybridized carbons (Fsp3) is 0.462. The summed E-state index contributed by atoms with van der Waals surface area (Å²) in [6.07, 6.45) is 13.2. The van der Waals surface area contributed by atoms with E-state index in [0.29, 0.717) is 36.3 Å². The van der Waals surface area contributed by atoms with Gasteiger partial charge in [0.25, 0.3) is 0 Å². The number of fused-ring (bicyclic) bond motifs is 4. The van der Waals surface area contributed by atoms with Gasteiger partial charge >= 0.3 is 6.01 Å². The predicted molar refractivity (Wildman–Crippen MR) is 185 cm³/mol. The molecule has 3 atom stereocenters. The van der Waals surface area contributed by atoms with E-state index in [1.54, 1.807) is 6.07 Å². The van der Waals surface area contributed by atoms with E-state index in [2.05, 4.69) is 32.1 Å². The zero-order valence-electron chi connectivity index (χ0n) is 27.8. The third-order valence-electron chi connectivity index (χ3n) is 11.6. The van der Waals surface area contributed by atoms with Crippen molar-refractivity contribution in [1.82, 2.24) is 20.2 Å². The molecule has 11 heteroatoms. The molecule has 256 valence electrons. The number of rotatable bonds is 7. The summed E-state index contributed by atoms with van der Waals surface area (Å²) in [6.45, 7) is 5.46. The fourth-order valence-corrected chi connectivity index (χ4v) is 8.94. The first-order valence-electron chi connectivity index (χ1n) is 17.6. The Morgan fingerprint density at radius 1 is 1.10 bits per heavy atom. The Bertz CT molecular complexity index is 2120. The number of likely N-dealkylation sites (tertiary alicyclic amines) is 1. The maximum Gasteiger partial charge on any atom is 0.319 e. The summed E-state index contributed by atoms with van der Waals surface area (Å²) < 4.78 is 44.8. The number of anilines is 1. The van der Waals surface area contributed by atoms with Crippen molar-refractivity contribution in [2.75, 3.05) is 50.8 Å². The van der Waals surface area contributed by atoms with Gasteiger partial charge in [-0.3, -0.25) is 4.90 Å². The molecule has 4 aliphatic heterocycles. The van der Waals surface area contributed by atoms with Crippen LogP contribution in [-0.2, 0) is 4.74 Å². The molecule has 5 fully saturated rings. The minimum Gasteiger partial charge on any atom is -0.508 e. The van der Waals surface area contributed by atoms with Crippen LogP contribution in [0.5, 0.6) is 11.8 Å². The van der Waals surface area contributed by atoms with Gasteiger partial charge in [0.2, 0.25) is 0 Å². The van der Waals surface area contributed by atoms with Gasteiger partial charge < -0.3 is 24.8 Å². The zero-order valence-corrected chi connectivity index (χ0v) is 27.8. The minimum atomic E-state index is -0.787. The number of nitrogens with zero attached hydrogens (tertiary/aromatic N) is 5. The standard InChI is InChI=1S/C39H38F2N6O3/c1-2-28-31(40)7-4-23-14-27(48)16-29(32(23)28)33-24(17-42)15-30-35(34(33)41)44-37(45-36(30)47-18-25-5-6-26(19-47)43-25)49-22-38(9-10-38)20-46-12-11-39(21-46)8-3-13-50-39/h1,4,7,14-16,25-26,43,48H,3,5-6,8-13,18-22H2. The highest BCUT2D eigenvalue weighted by Crippen LogP contribution is 2.49. The van der Waals surface area contributed by atoms with Crippen LogP contribution in [0.4, 0.5) is 14.6 Å². The van der Waals surface area contributed by atoms with E-state index in [9.17, 15) is 10.4 Å². The lowest BCUT2D eigenvalue weighted by Crippen LogP contribution is -2.51. The largest absolute Gasteiger partial charge is 0.508 e. The van der Waals surface area contributed by atoms with Crippen LogP contribution >= 0.6 is 0 Å². The second-order valence-corrected chi connectivity index (χ2v) is 15.0. The molecule has 0 amide bonds. The van der Waals surface area contributed by atoms with Gasteiger partial charge in [0.05, 0.1) is 29.4 Å². The summed E-state index contributed by atoms with van der Waals surface area (Å²) in [5.74, 6) is 1.28. The molecule has 50 heavy (non-hydrogen) atoms. The molecule has 4 aromatic rings. The van der Waals surface area contributed by atoms with E-state index in [-0.39, 0.29) is 68.0 Å². The van der Waals surface area contributed by atoms with Gasteiger partial charge in [-0.05, 0) is 80.2 Å². The summed E-state index contributed by atoms with van der Waals surface area (Å²) in [5.41, 5.74) is -0.125. The lowest BCUT2D eigenvalue weighted by molar-refractivity contribution is 0.0105. The number of nitrogens with one attached hydrogen (secondary N) is 1. The lowest BCUT2D eigenvalue weighted by Gasteiger charge is -2.34. The van der Waals surface area contributed by atoms with Crippen LogP contribution in [0.25, 0.3) is 32.8 Å². The number of hydrogen-bond acceptors (Lipinski definition) is 9. The van der Waals surface area contributed by atoms with Crippen molar-refractivity contribution in [3.63, 3.8) is 0 Å². The SMILES string of the molecule is C#Cc1c(F)ccc2cc(O)cc(-c3c(C#N)cc4c(N5CC6CCC(C5)N6)nc(OCC5(CN6CCC7(CCCO7)C6)CC5)nc4c3F)c12. The van der Waals surface area contributed by atoms with E-state index < -0.39 is 11.6 Å². The highest BCUT2D eigenvalue weighted by molar-refractivity contribution is 6.05. The molecule has 1 spiro atoms. The van der Waals surface area contributed by atoms with E-state index >= 15 is 8.78 Å². The van der Waals surface area contributed by atoms with Crippen molar-refractivity contribution in [3.05, 3.63) is 53.1 Å². The van der Waals surface area contributed by atoms with Crippen LogP contribution in [-0.4, -0.2) is 83.6 Å². The van der Waals surface area contributed by atoms with Crippen LogP contribution < -0.4 is 15.0 Å². The number of terminal acetylenes is 1. The molecular weight excluding hydrogens is 638 g/mol. The van der Waals surface area contributed by atoms with Crippen molar-refractivity contribution >= 4 is 27.5 Å². The van der Waals surface area contributed by atoms with Crippen LogP contribution in [0.15, 0.2) is 30.3 Å². The number of piperazine rings is 1. The van der Waals surface area contributed by atoms with Crippen molar-refractivity contribution in [2.24, 2.45) is 5.41 Å². The molecule has 1 saturated carbocycles. The molecule has 9 rings (SSSR count). The van der Waals surface area contributed by atoms with Gasteiger partial charge in [-0.15, -0.1) is 6.42 Å². The minimum absolute atomic E-state index is 0.00113. The average molecular weight is 677 g/mol. The van der Waals surface area contributed by atoms with Crippen molar-refractivity contribution < 1.29 is 23.4 Å². The van der Waals surface area contributed by atoms with Crippen LogP contribution in [0.1, 0.15) is 56.1 Å². The third kappa shape index (κ3) is 5.31. The number of nitriles is 1. The average Bonchev–Trinajstić information content (AvgIpc) is 3.36. The maximum absolute atomic E-state index is 17.2. The summed E-state index contributed by atoms with van der Waals surface area (Å²) in [4.78, 5) is 14.2.